The maximum Gasteiger partial charge on any atom is 0.237 e. The number of benzene rings is 1. The fraction of sp³-hybridized carbons (Fsp3) is 0.231. The molecule has 1 rings (SSSR count). The van der Waals surface area contributed by atoms with E-state index in [-0.39, 0.29) is 11.6 Å². The lowest BCUT2D eigenvalue weighted by molar-refractivity contribution is -0.115. The molecule has 2 N–H and O–H groups in total. The smallest absolute Gasteiger partial charge is 0.237 e. The molecular weight excluding hydrogens is 242 g/mol. The van der Waals surface area contributed by atoms with Crippen LogP contribution in [0.15, 0.2) is 23.3 Å². The van der Waals surface area contributed by atoms with E-state index in [2.05, 4.69) is 15.8 Å². The van der Waals surface area contributed by atoms with E-state index in [1.54, 1.807) is 31.2 Å². The number of nitrogens with zero attached hydrogens (tertiary/aromatic N) is 3. The molecular formula is C13H13N5O. The molecule has 0 heterocycles. The third kappa shape index (κ3) is 4.14. The van der Waals surface area contributed by atoms with E-state index in [0.717, 1.165) is 5.56 Å². The molecule has 0 bridgehead atoms. The number of nitriles is 2. The van der Waals surface area contributed by atoms with Gasteiger partial charge in [-0.05, 0) is 24.6 Å². The van der Waals surface area contributed by atoms with Crippen molar-refractivity contribution in [3.05, 3.63) is 23.8 Å². The number of carbonyl (C=O) groups is 1. The highest BCUT2D eigenvalue weighted by atomic mass is 16.1. The van der Waals surface area contributed by atoms with Crippen molar-refractivity contribution in [1.82, 2.24) is 0 Å². The molecule has 1 aromatic carbocycles. The number of carbonyl (C=O) groups excluding carboxylic acids is 1. The van der Waals surface area contributed by atoms with E-state index < -0.39 is 0 Å². The van der Waals surface area contributed by atoms with Gasteiger partial charge in [0.05, 0.1) is 5.69 Å². The van der Waals surface area contributed by atoms with E-state index >= 15 is 0 Å². The van der Waals surface area contributed by atoms with Crippen LogP contribution in [0.3, 0.4) is 0 Å². The quantitative estimate of drug-likeness (QED) is 0.635. The molecule has 0 unspecified atom stereocenters. The van der Waals surface area contributed by atoms with Crippen LogP contribution in [0.1, 0.15) is 18.9 Å². The number of anilines is 2. The number of aryl methyl sites for hydroxylation is 1. The molecule has 19 heavy (non-hydrogen) atoms. The van der Waals surface area contributed by atoms with E-state index in [1.165, 1.54) is 0 Å². The van der Waals surface area contributed by atoms with Gasteiger partial charge in [0, 0.05) is 12.1 Å². The van der Waals surface area contributed by atoms with Crippen LogP contribution < -0.4 is 10.7 Å². The van der Waals surface area contributed by atoms with Crippen LogP contribution in [0.5, 0.6) is 0 Å². The van der Waals surface area contributed by atoms with Crippen molar-refractivity contribution < 1.29 is 4.79 Å². The summed E-state index contributed by atoms with van der Waals surface area (Å²) in [7, 11) is 0. The summed E-state index contributed by atoms with van der Waals surface area (Å²) in [5.74, 6) is -0.0898. The molecule has 1 aromatic rings. The van der Waals surface area contributed by atoms with Crippen molar-refractivity contribution in [3.63, 3.8) is 0 Å². The van der Waals surface area contributed by atoms with Crippen LogP contribution in [0.25, 0.3) is 0 Å². The fourth-order valence-electron chi connectivity index (χ4n) is 1.26. The van der Waals surface area contributed by atoms with Gasteiger partial charge in [0.25, 0.3) is 0 Å². The Bertz CT molecular complexity index is 576. The van der Waals surface area contributed by atoms with Crippen molar-refractivity contribution in [2.75, 3.05) is 10.7 Å². The third-order valence-electron chi connectivity index (χ3n) is 2.34. The maximum atomic E-state index is 11.3. The Hall–Kier alpha value is -2.86. The highest BCUT2D eigenvalue weighted by Crippen LogP contribution is 2.20. The Morgan fingerprint density at radius 2 is 2.05 bits per heavy atom. The largest absolute Gasteiger partial charge is 0.326 e. The first-order valence-corrected chi connectivity index (χ1v) is 5.65. The van der Waals surface area contributed by atoms with Gasteiger partial charge in [-0.25, -0.2) is 0 Å². The van der Waals surface area contributed by atoms with Crippen LogP contribution >= 0.6 is 0 Å². The van der Waals surface area contributed by atoms with Gasteiger partial charge in [-0.1, -0.05) is 13.0 Å². The van der Waals surface area contributed by atoms with Gasteiger partial charge in [0.2, 0.25) is 11.6 Å². The molecule has 0 aliphatic carbocycles. The number of amides is 1. The van der Waals surface area contributed by atoms with Crippen LogP contribution in [-0.2, 0) is 4.79 Å². The topological polar surface area (TPSA) is 101 Å². The summed E-state index contributed by atoms with van der Waals surface area (Å²) in [6.07, 6.45) is 0.391. The lowest BCUT2D eigenvalue weighted by Gasteiger charge is -2.09. The summed E-state index contributed by atoms with van der Waals surface area (Å²) in [5, 5.41) is 23.5. The molecule has 0 saturated heterocycles. The number of rotatable bonds is 4. The van der Waals surface area contributed by atoms with Gasteiger partial charge < -0.3 is 5.32 Å². The fourth-order valence-corrected chi connectivity index (χ4v) is 1.26. The summed E-state index contributed by atoms with van der Waals surface area (Å²) in [5.41, 5.74) is 4.51. The van der Waals surface area contributed by atoms with Gasteiger partial charge in [0.15, 0.2) is 0 Å². The van der Waals surface area contributed by atoms with Crippen molar-refractivity contribution in [2.45, 2.75) is 20.3 Å². The molecule has 96 valence electrons. The van der Waals surface area contributed by atoms with E-state index in [4.69, 9.17) is 10.5 Å². The lowest BCUT2D eigenvalue weighted by atomic mass is 10.2. The second-order valence-corrected chi connectivity index (χ2v) is 3.73. The first-order chi connectivity index (χ1) is 9.10. The molecule has 0 spiro atoms. The van der Waals surface area contributed by atoms with Crippen LogP contribution in [0.2, 0.25) is 0 Å². The summed E-state index contributed by atoms with van der Waals surface area (Å²) in [6.45, 7) is 3.61. The third-order valence-corrected chi connectivity index (χ3v) is 2.34. The van der Waals surface area contributed by atoms with Gasteiger partial charge in [-0.2, -0.15) is 15.6 Å². The average molecular weight is 255 g/mol. The number of hydrazone groups is 1. The number of hydrogen-bond donors (Lipinski definition) is 2. The summed E-state index contributed by atoms with van der Waals surface area (Å²) < 4.78 is 0. The molecule has 0 atom stereocenters. The first kappa shape index (κ1) is 14.2. The van der Waals surface area contributed by atoms with Crippen LogP contribution in [0, 0.1) is 29.6 Å². The lowest BCUT2D eigenvalue weighted by Crippen LogP contribution is -2.09. The maximum absolute atomic E-state index is 11.3. The summed E-state index contributed by atoms with van der Waals surface area (Å²) in [6, 6.07) is 8.58. The first-order valence-electron chi connectivity index (χ1n) is 5.65. The summed E-state index contributed by atoms with van der Waals surface area (Å²) in [4.78, 5) is 11.3. The predicted octanol–water partition coefficient (Wildman–Crippen LogP) is 2.16. The number of hydrogen-bond acceptors (Lipinski definition) is 5. The van der Waals surface area contributed by atoms with Gasteiger partial charge in [-0.3, -0.25) is 10.2 Å². The minimum absolute atomic E-state index is 0.0898. The Balaban J connectivity index is 2.93. The Kier molecular flexibility index (Phi) is 5.06. The minimum Gasteiger partial charge on any atom is -0.326 e. The zero-order valence-electron chi connectivity index (χ0n) is 10.7. The highest BCUT2D eigenvalue weighted by Gasteiger charge is 2.03. The zero-order valence-corrected chi connectivity index (χ0v) is 10.7. The van der Waals surface area contributed by atoms with E-state index in [1.807, 2.05) is 13.0 Å². The van der Waals surface area contributed by atoms with E-state index in [0.29, 0.717) is 17.8 Å². The Labute approximate surface area is 111 Å². The van der Waals surface area contributed by atoms with Gasteiger partial charge in [-0.15, -0.1) is 0 Å². The molecule has 0 aromatic heterocycles. The van der Waals surface area contributed by atoms with Crippen molar-refractivity contribution >= 4 is 23.0 Å². The Morgan fingerprint density at radius 3 is 2.63 bits per heavy atom. The number of nitrogens with one attached hydrogen (secondary N) is 2. The SMILES string of the molecule is CCC(=O)Nc1ccc(C)c(NN=C(C#N)C#N)c1. The second-order valence-electron chi connectivity index (χ2n) is 3.73. The standard InChI is InChI=1S/C13H13N5O/c1-3-13(19)16-10-5-4-9(2)12(6-10)18-17-11(7-14)8-15/h4-6,18H,3H2,1-2H3,(H,16,19). The van der Waals surface area contributed by atoms with Gasteiger partial charge >= 0.3 is 0 Å². The molecule has 0 radical (unpaired) electrons. The molecule has 0 aliphatic heterocycles. The van der Waals surface area contributed by atoms with Crippen LogP contribution in [0.4, 0.5) is 11.4 Å². The monoisotopic (exact) mass is 255 g/mol. The predicted molar refractivity (Wildman–Crippen MR) is 72.4 cm³/mol. The molecule has 6 nitrogen and oxygen atoms in total. The summed E-state index contributed by atoms with van der Waals surface area (Å²) >= 11 is 0. The highest BCUT2D eigenvalue weighted by molar-refractivity contribution is 6.10. The molecule has 6 heteroatoms. The normalized spacial score (nSPS) is 8.84. The molecule has 1 amide bonds. The minimum atomic E-state index is -0.262. The Morgan fingerprint density at radius 1 is 1.37 bits per heavy atom. The van der Waals surface area contributed by atoms with Crippen molar-refractivity contribution in [3.8, 4) is 12.1 Å². The van der Waals surface area contributed by atoms with Crippen molar-refractivity contribution in [2.24, 2.45) is 5.10 Å². The molecule has 0 aliphatic rings. The second kappa shape index (κ2) is 6.77. The molecule has 0 fully saturated rings. The zero-order chi connectivity index (χ0) is 14.3. The van der Waals surface area contributed by atoms with Crippen LogP contribution in [-0.4, -0.2) is 11.6 Å². The molecule has 0 saturated carbocycles. The average Bonchev–Trinajstić information content (AvgIpc) is 2.43. The van der Waals surface area contributed by atoms with Crippen molar-refractivity contribution in [1.29, 1.82) is 10.5 Å². The van der Waals surface area contributed by atoms with Gasteiger partial charge in [0.1, 0.15) is 12.1 Å². The van der Waals surface area contributed by atoms with E-state index in [9.17, 15) is 4.79 Å².